The lowest BCUT2D eigenvalue weighted by molar-refractivity contribution is 0.569. The van der Waals surface area contributed by atoms with Crippen LogP contribution in [0.25, 0.3) is 71.5 Å². The van der Waals surface area contributed by atoms with E-state index in [1.165, 1.54) is 55.2 Å². The van der Waals surface area contributed by atoms with Gasteiger partial charge in [0, 0.05) is 27.2 Å². The first-order chi connectivity index (χ1) is 20.2. The van der Waals surface area contributed by atoms with E-state index in [0.29, 0.717) is 11.0 Å². The van der Waals surface area contributed by atoms with E-state index >= 15 is 0 Å². The summed E-state index contributed by atoms with van der Waals surface area (Å²) in [5, 5.41) is 5.05. The van der Waals surface area contributed by atoms with Crippen molar-refractivity contribution in [3.63, 3.8) is 0 Å². The van der Waals surface area contributed by atoms with Crippen molar-refractivity contribution in [1.82, 2.24) is 4.57 Å². The molecule has 3 heteroatoms. The van der Waals surface area contributed by atoms with E-state index in [4.69, 9.17) is 4.42 Å². The summed E-state index contributed by atoms with van der Waals surface area (Å²) in [6.07, 6.45) is 0.816. The molecule has 3 nitrogen and oxygen atoms in total. The van der Waals surface area contributed by atoms with Crippen LogP contribution in [0, 0.1) is 0 Å². The molecule has 0 saturated carbocycles. The normalized spacial score (nSPS) is 12.4. The average Bonchev–Trinajstić information content (AvgIpc) is 3.55. The van der Waals surface area contributed by atoms with Crippen molar-refractivity contribution in [2.75, 3.05) is 0 Å². The van der Waals surface area contributed by atoms with Gasteiger partial charge in [-0.05, 0) is 94.4 Å². The Labute approximate surface area is 235 Å². The molecule has 0 unspecified atom stereocenters. The third kappa shape index (κ3) is 3.23. The lowest BCUT2D eigenvalue weighted by Gasteiger charge is -2.10. The molecule has 0 saturated heterocycles. The first kappa shape index (κ1) is 22.4. The summed E-state index contributed by atoms with van der Waals surface area (Å²) >= 11 is 0. The predicted molar refractivity (Wildman–Crippen MR) is 168 cm³/mol. The van der Waals surface area contributed by atoms with Gasteiger partial charge >= 0.3 is 5.63 Å². The van der Waals surface area contributed by atoms with Crippen LogP contribution in [0.1, 0.15) is 11.1 Å². The summed E-state index contributed by atoms with van der Waals surface area (Å²) in [7, 11) is 0. The van der Waals surface area contributed by atoms with Gasteiger partial charge in [-0.1, -0.05) is 72.8 Å². The topological polar surface area (TPSA) is 35.1 Å². The standard InChI is InChI=1S/C38H23NO2/c40-38-34-21-26-18-25-15-14-23(19-30(25)31(26)22-32(34)29-11-5-7-13-37(29)41-38)24-16-17-36-33(20-24)28-10-4-6-12-35(28)39(36)27-8-2-1-3-9-27/h1-17,19-22H,18H2. The fraction of sp³-hybridized carbons (Fsp3) is 0.0263. The molecule has 0 atom stereocenters. The highest BCUT2D eigenvalue weighted by Crippen LogP contribution is 2.42. The van der Waals surface area contributed by atoms with Crippen LogP contribution in [-0.2, 0) is 6.42 Å². The summed E-state index contributed by atoms with van der Waals surface area (Å²) in [6, 6.07) is 44.8. The van der Waals surface area contributed by atoms with Gasteiger partial charge in [-0.15, -0.1) is 0 Å². The van der Waals surface area contributed by atoms with Crippen molar-refractivity contribution < 1.29 is 4.42 Å². The van der Waals surface area contributed by atoms with E-state index in [0.717, 1.165) is 22.9 Å². The van der Waals surface area contributed by atoms with Crippen molar-refractivity contribution in [3.8, 4) is 27.9 Å². The molecule has 41 heavy (non-hydrogen) atoms. The Morgan fingerprint density at radius 2 is 1.22 bits per heavy atom. The average molecular weight is 526 g/mol. The molecular formula is C38H23NO2. The molecule has 2 heterocycles. The highest BCUT2D eigenvalue weighted by atomic mass is 16.4. The van der Waals surface area contributed by atoms with Crippen LogP contribution in [0.3, 0.4) is 0 Å². The van der Waals surface area contributed by atoms with Gasteiger partial charge in [0.05, 0.1) is 16.4 Å². The second-order valence-corrected chi connectivity index (χ2v) is 10.9. The number of nitrogens with zero attached hydrogens (tertiary/aromatic N) is 1. The molecule has 0 spiro atoms. The first-order valence-electron chi connectivity index (χ1n) is 13.9. The Balaban J connectivity index is 1.23. The molecule has 0 radical (unpaired) electrons. The summed E-state index contributed by atoms with van der Waals surface area (Å²) < 4.78 is 7.97. The molecule has 0 N–H and O–H groups in total. The smallest absolute Gasteiger partial charge is 0.344 e. The number of rotatable bonds is 2. The minimum absolute atomic E-state index is 0.277. The zero-order valence-electron chi connectivity index (χ0n) is 22.1. The molecule has 9 rings (SSSR count). The third-order valence-corrected chi connectivity index (χ3v) is 8.64. The number of hydrogen-bond acceptors (Lipinski definition) is 2. The molecule has 0 amide bonds. The van der Waals surface area contributed by atoms with E-state index in [2.05, 4.69) is 102 Å². The summed E-state index contributed by atoms with van der Waals surface area (Å²) in [6.45, 7) is 0. The van der Waals surface area contributed by atoms with Gasteiger partial charge in [0.1, 0.15) is 5.58 Å². The van der Waals surface area contributed by atoms with Crippen LogP contribution in [0.4, 0.5) is 0 Å². The SMILES string of the molecule is O=c1oc2ccccc2c2cc3c(cc12)Cc1ccc(-c2ccc4c(c2)c2ccccc2n4-c2ccccc2)cc1-3. The fourth-order valence-corrected chi connectivity index (χ4v) is 6.74. The largest absolute Gasteiger partial charge is 0.422 e. The van der Waals surface area contributed by atoms with Gasteiger partial charge in [0.15, 0.2) is 0 Å². The van der Waals surface area contributed by atoms with E-state index < -0.39 is 0 Å². The molecule has 192 valence electrons. The van der Waals surface area contributed by atoms with E-state index in [9.17, 15) is 4.79 Å². The maximum absolute atomic E-state index is 12.8. The Bertz CT molecular complexity index is 2410. The van der Waals surface area contributed by atoms with Crippen molar-refractivity contribution in [2.45, 2.75) is 6.42 Å². The van der Waals surface area contributed by atoms with Gasteiger partial charge in [0.25, 0.3) is 0 Å². The maximum atomic E-state index is 12.8. The van der Waals surface area contributed by atoms with Crippen molar-refractivity contribution in [3.05, 3.63) is 149 Å². The van der Waals surface area contributed by atoms with Crippen LogP contribution < -0.4 is 5.63 Å². The number of fused-ring (bicyclic) bond motifs is 9. The molecule has 1 aliphatic rings. The summed E-state index contributed by atoms with van der Waals surface area (Å²) in [5.74, 6) is 0. The fourth-order valence-electron chi connectivity index (χ4n) is 6.74. The Hall–Kier alpha value is -5.41. The van der Waals surface area contributed by atoms with Crippen LogP contribution in [0.15, 0.2) is 137 Å². The zero-order valence-corrected chi connectivity index (χ0v) is 22.1. The second kappa shape index (κ2) is 8.30. The monoisotopic (exact) mass is 525 g/mol. The molecule has 0 aliphatic heterocycles. The quantitative estimate of drug-likeness (QED) is 0.167. The molecule has 0 fully saturated rings. The van der Waals surface area contributed by atoms with Crippen LogP contribution in [-0.4, -0.2) is 4.57 Å². The number of benzene rings is 6. The lowest BCUT2D eigenvalue weighted by atomic mass is 9.96. The number of aromatic nitrogens is 1. The molecule has 6 aromatic carbocycles. The van der Waals surface area contributed by atoms with E-state index in [1.54, 1.807) is 0 Å². The van der Waals surface area contributed by atoms with Gasteiger partial charge in [-0.25, -0.2) is 4.79 Å². The second-order valence-electron chi connectivity index (χ2n) is 10.9. The molecule has 8 aromatic rings. The van der Waals surface area contributed by atoms with Gasteiger partial charge < -0.3 is 8.98 Å². The van der Waals surface area contributed by atoms with Gasteiger partial charge in [-0.2, -0.15) is 0 Å². The van der Waals surface area contributed by atoms with Crippen molar-refractivity contribution >= 4 is 43.5 Å². The number of hydrogen-bond donors (Lipinski definition) is 0. The van der Waals surface area contributed by atoms with Crippen molar-refractivity contribution in [1.29, 1.82) is 0 Å². The molecule has 0 bridgehead atoms. The van der Waals surface area contributed by atoms with Crippen LogP contribution in [0.2, 0.25) is 0 Å². The molecular weight excluding hydrogens is 502 g/mol. The minimum Gasteiger partial charge on any atom is -0.422 e. The molecule has 1 aliphatic carbocycles. The minimum atomic E-state index is -0.277. The maximum Gasteiger partial charge on any atom is 0.344 e. The van der Waals surface area contributed by atoms with E-state index in [1.807, 2.05) is 30.3 Å². The predicted octanol–water partition coefficient (Wildman–Crippen LogP) is 9.28. The zero-order chi connectivity index (χ0) is 27.1. The number of para-hydroxylation sites is 3. The van der Waals surface area contributed by atoms with Crippen LogP contribution in [0.5, 0.6) is 0 Å². The third-order valence-electron chi connectivity index (χ3n) is 8.64. The Kier molecular flexibility index (Phi) is 4.53. The Morgan fingerprint density at radius 1 is 0.512 bits per heavy atom. The Morgan fingerprint density at radius 3 is 2.12 bits per heavy atom. The lowest BCUT2D eigenvalue weighted by Crippen LogP contribution is -2.00. The van der Waals surface area contributed by atoms with Crippen LogP contribution >= 0.6 is 0 Å². The first-order valence-corrected chi connectivity index (χ1v) is 13.9. The summed E-state index contributed by atoms with van der Waals surface area (Å²) in [4.78, 5) is 12.8. The highest BCUT2D eigenvalue weighted by molar-refractivity contribution is 6.11. The van der Waals surface area contributed by atoms with Crippen molar-refractivity contribution in [2.24, 2.45) is 0 Å². The van der Waals surface area contributed by atoms with Gasteiger partial charge in [0.2, 0.25) is 0 Å². The van der Waals surface area contributed by atoms with E-state index in [-0.39, 0.29) is 5.63 Å². The summed E-state index contributed by atoms with van der Waals surface area (Å²) in [5.41, 5.74) is 11.2. The molecule has 2 aromatic heterocycles. The van der Waals surface area contributed by atoms with Gasteiger partial charge in [-0.3, -0.25) is 0 Å². The highest BCUT2D eigenvalue weighted by Gasteiger charge is 2.22.